The first-order chi connectivity index (χ1) is 4.45. The summed E-state index contributed by atoms with van der Waals surface area (Å²) in [5.74, 6) is 2.28. The maximum absolute atomic E-state index is 4.08. The summed E-state index contributed by atoms with van der Waals surface area (Å²) in [6, 6.07) is 1.32. The number of hydrogen-bond donors (Lipinski definition) is 0. The molecule has 0 fully saturated rings. The van der Waals surface area contributed by atoms with E-state index in [-0.39, 0.29) is 0 Å². The van der Waals surface area contributed by atoms with Gasteiger partial charge in [0, 0.05) is 0 Å². The molecule has 0 unspecified atom stereocenters. The van der Waals surface area contributed by atoms with Crippen molar-refractivity contribution in [1.29, 1.82) is 0 Å². The molecule has 0 saturated carbocycles. The summed E-state index contributed by atoms with van der Waals surface area (Å²) in [6.45, 7) is 11.3. The molecular weight excluding hydrogens is 203 g/mol. The Balaban J connectivity index is 3.58. The summed E-state index contributed by atoms with van der Waals surface area (Å²) in [7, 11) is -0.847. The van der Waals surface area contributed by atoms with Gasteiger partial charge in [-0.3, -0.25) is 0 Å². The molecule has 0 bridgehead atoms. The van der Waals surface area contributed by atoms with E-state index in [9.17, 15) is 0 Å². The Hall–Kier alpha value is 0.476. The van der Waals surface area contributed by atoms with Gasteiger partial charge in [0.05, 0.1) is 0 Å². The molecule has 0 aromatic heterocycles. The van der Waals surface area contributed by atoms with Crippen molar-refractivity contribution in [3.05, 3.63) is 12.2 Å². The Labute approximate surface area is 72.3 Å². The van der Waals surface area contributed by atoms with Crippen molar-refractivity contribution < 1.29 is 0 Å². The summed E-state index contributed by atoms with van der Waals surface area (Å²) >= 11 is 0.788. The van der Waals surface area contributed by atoms with Crippen LogP contribution in [0.3, 0.4) is 0 Å². The average Bonchev–Trinajstić information content (AvgIpc) is 1.59. The van der Waals surface area contributed by atoms with Crippen LogP contribution in [0.5, 0.6) is 0 Å². The molecule has 0 saturated heterocycles. The quantitative estimate of drug-likeness (QED) is 0.505. The number of hydrogen-bond acceptors (Lipinski definition) is 0. The zero-order valence-electron chi connectivity index (χ0n) is 7.53. The fourth-order valence-electron chi connectivity index (χ4n) is 1.01. The number of rotatable bonds is 4. The molecule has 0 nitrogen and oxygen atoms in total. The van der Waals surface area contributed by atoms with Gasteiger partial charge in [-0.15, -0.1) is 0 Å². The predicted molar refractivity (Wildman–Crippen MR) is 53.7 cm³/mol. The van der Waals surface area contributed by atoms with E-state index in [1.54, 1.807) is 0 Å². The van der Waals surface area contributed by atoms with E-state index in [0.29, 0.717) is 0 Å². The summed E-state index contributed by atoms with van der Waals surface area (Å²) in [6.07, 6.45) is 0. The molecule has 0 amide bonds. The van der Waals surface area contributed by atoms with Gasteiger partial charge in [-0.25, -0.2) is 0 Å². The molecule has 0 spiro atoms. The molecule has 0 radical (unpaired) electrons. The number of allylic oxidation sites excluding steroid dienone is 1. The van der Waals surface area contributed by atoms with Crippen molar-refractivity contribution >= 4 is 23.0 Å². The van der Waals surface area contributed by atoms with Crippen molar-refractivity contribution in [1.82, 2.24) is 0 Å². The summed E-state index contributed by atoms with van der Waals surface area (Å²) in [5, 5.41) is 1.29. The van der Waals surface area contributed by atoms with Crippen LogP contribution in [0.15, 0.2) is 12.2 Å². The average molecular weight is 221 g/mol. The predicted octanol–water partition coefficient (Wildman–Crippen LogP) is 3.05. The minimum atomic E-state index is -0.847. The topological polar surface area (TPSA) is 0 Å². The van der Waals surface area contributed by atoms with Crippen molar-refractivity contribution in [3.63, 3.8) is 0 Å². The first-order valence-corrected chi connectivity index (χ1v) is 10.2. The van der Waals surface area contributed by atoms with Crippen molar-refractivity contribution in [2.45, 2.75) is 36.8 Å². The summed E-state index contributed by atoms with van der Waals surface area (Å²) in [4.78, 5) is 0. The SMILES string of the molecule is C=C(C[Se]C)C[Si](C)(C)C. The Morgan fingerprint density at radius 1 is 1.40 bits per heavy atom. The third kappa shape index (κ3) is 6.59. The molecule has 0 aromatic carbocycles. The Bertz CT molecular complexity index is 113. The second kappa shape index (κ2) is 4.37. The van der Waals surface area contributed by atoms with Gasteiger partial charge < -0.3 is 0 Å². The van der Waals surface area contributed by atoms with Crippen LogP contribution in [0, 0.1) is 0 Å². The van der Waals surface area contributed by atoms with Gasteiger partial charge in [-0.1, -0.05) is 0 Å². The third-order valence-electron chi connectivity index (χ3n) is 1.13. The first kappa shape index (κ1) is 10.5. The van der Waals surface area contributed by atoms with Crippen molar-refractivity contribution in [2.24, 2.45) is 0 Å². The van der Waals surface area contributed by atoms with E-state index in [1.165, 1.54) is 16.9 Å². The summed E-state index contributed by atoms with van der Waals surface area (Å²) < 4.78 is 0. The Kier molecular flexibility index (Phi) is 4.58. The Morgan fingerprint density at radius 2 is 1.90 bits per heavy atom. The molecule has 0 rings (SSSR count). The van der Waals surface area contributed by atoms with Gasteiger partial charge in [-0.2, -0.15) is 0 Å². The van der Waals surface area contributed by atoms with Gasteiger partial charge in [0.2, 0.25) is 0 Å². The monoisotopic (exact) mass is 222 g/mol. The molecule has 0 aliphatic rings. The van der Waals surface area contributed by atoms with Gasteiger partial charge in [0.1, 0.15) is 0 Å². The van der Waals surface area contributed by atoms with E-state index in [2.05, 4.69) is 32.0 Å². The maximum atomic E-state index is 4.08. The molecule has 0 aromatic rings. The van der Waals surface area contributed by atoms with E-state index < -0.39 is 8.07 Å². The second-order valence-electron chi connectivity index (χ2n) is 3.92. The standard InChI is InChI=1S/C8H18SeSi/c1-8(6-9-2)7-10(3,4)5/h1,6-7H2,2-5H3. The van der Waals surface area contributed by atoms with Crippen LogP contribution in [0.25, 0.3) is 0 Å². The van der Waals surface area contributed by atoms with Crippen LogP contribution < -0.4 is 0 Å². The van der Waals surface area contributed by atoms with Crippen LogP contribution in [-0.2, 0) is 0 Å². The van der Waals surface area contributed by atoms with Crippen molar-refractivity contribution in [2.75, 3.05) is 0 Å². The normalized spacial score (nSPS) is 11.6. The molecule has 0 aliphatic heterocycles. The molecule has 10 heavy (non-hydrogen) atoms. The van der Waals surface area contributed by atoms with Crippen LogP contribution in [0.2, 0.25) is 36.8 Å². The van der Waals surface area contributed by atoms with Gasteiger partial charge in [-0.05, 0) is 0 Å². The summed E-state index contributed by atoms with van der Waals surface area (Å²) in [5.41, 5.74) is 1.49. The first-order valence-electron chi connectivity index (χ1n) is 3.61. The molecule has 2 heteroatoms. The van der Waals surface area contributed by atoms with Crippen LogP contribution in [0.1, 0.15) is 0 Å². The molecule has 60 valence electrons. The van der Waals surface area contributed by atoms with Crippen LogP contribution in [0.4, 0.5) is 0 Å². The van der Waals surface area contributed by atoms with Gasteiger partial charge in [0.25, 0.3) is 0 Å². The van der Waals surface area contributed by atoms with Crippen LogP contribution >= 0.6 is 0 Å². The third-order valence-corrected chi connectivity index (χ3v) is 4.15. The van der Waals surface area contributed by atoms with Gasteiger partial charge in [0.15, 0.2) is 0 Å². The molecule has 0 N–H and O–H groups in total. The minimum absolute atomic E-state index is 0.788. The van der Waals surface area contributed by atoms with Crippen LogP contribution in [-0.4, -0.2) is 23.0 Å². The molecular formula is C8H18SeSi. The Morgan fingerprint density at radius 3 is 2.20 bits per heavy atom. The second-order valence-corrected chi connectivity index (χ2v) is 11.2. The van der Waals surface area contributed by atoms with E-state index in [1.807, 2.05) is 0 Å². The fourth-order valence-corrected chi connectivity index (χ4v) is 4.11. The molecule has 0 aliphatic carbocycles. The van der Waals surface area contributed by atoms with E-state index >= 15 is 0 Å². The van der Waals surface area contributed by atoms with Crippen molar-refractivity contribution in [3.8, 4) is 0 Å². The fraction of sp³-hybridized carbons (Fsp3) is 0.750. The zero-order chi connectivity index (χ0) is 8.20. The van der Waals surface area contributed by atoms with Gasteiger partial charge >= 0.3 is 72.0 Å². The molecule has 0 atom stereocenters. The van der Waals surface area contributed by atoms with E-state index in [4.69, 9.17) is 0 Å². The molecule has 0 heterocycles. The zero-order valence-corrected chi connectivity index (χ0v) is 10.2. The van der Waals surface area contributed by atoms with E-state index in [0.717, 1.165) is 15.0 Å².